The molecule has 3 fully saturated rings. The minimum absolute atomic E-state index is 0.802. The SMILES string of the molecule is CC(C)C1CN2CCCCC2CN1CC1CCSCC1. The molecule has 0 bridgehead atoms. The molecule has 0 N–H and O–H groups in total. The van der Waals surface area contributed by atoms with Gasteiger partial charge in [0.2, 0.25) is 0 Å². The summed E-state index contributed by atoms with van der Waals surface area (Å²) in [5, 5.41) is 0. The van der Waals surface area contributed by atoms with Crippen LogP contribution in [0.25, 0.3) is 0 Å². The zero-order valence-electron chi connectivity index (χ0n) is 13.4. The fourth-order valence-corrected chi connectivity index (χ4v) is 5.58. The first-order valence-corrected chi connectivity index (χ1v) is 9.95. The molecule has 3 heteroatoms. The Balaban J connectivity index is 1.62. The number of fused-ring (bicyclic) bond motifs is 1. The van der Waals surface area contributed by atoms with Gasteiger partial charge in [0.05, 0.1) is 0 Å². The van der Waals surface area contributed by atoms with Gasteiger partial charge in [-0.15, -0.1) is 0 Å². The lowest BCUT2D eigenvalue weighted by Gasteiger charge is -2.50. The molecule has 0 aliphatic carbocycles. The van der Waals surface area contributed by atoms with Crippen molar-refractivity contribution in [3.8, 4) is 0 Å². The average Bonchev–Trinajstić information content (AvgIpc) is 2.47. The van der Waals surface area contributed by atoms with Gasteiger partial charge in [0.25, 0.3) is 0 Å². The smallest absolute Gasteiger partial charge is 0.0247 e. The van der Waals surface area contributed by atoms with Gasteiger partial charge in [-0.1, -0.05) is 20.3 Å². The summed E-state index contributed by atoms with van der Waals surface area (Å²) < 4.78 is 0. The molecule has 0 spiro atoms. The van der Waals surface area contributed by atoms with E-state index >= 15 is 0 Å². The molecule has 2 unspecified atom stereocenters. The molecule has 0 radical (unpaired) electrons. The van der Waals surface area contributed by atoms with E-state index in [2.05, 4.69) is 35.4 Å². The summed E-state index contributed by atoms with van der Waals surface area (Å²) in [4.78, 5) is 5.69. The number of piperazine rings is 1. The molecule has 3 heterocycles. The summed E-state index contributed by atoms with van der Waals surface area (Å²) in [6.07, 6.45) is 7.26. The maximum Gasteiger partial charge on any atom is 0.0247 e. The summed E-state index contributed by atoms with van der Waals surface area (Å²) >= 11 is 2.16. The first kappa shape index (κ1) is 15.2. The van der Waals surface area contributed by atoms with E-state index in [1.54, 1.807) is 0 Å². The third-order valence-corrected chi connectivity index (χ3v) is 6.74. The summed E-state index contributed by atoms with van der Waals surface area (Å²) in [6, 6.07) is 1.68. The van der Waals surface area contributed by atoms with Crippen molar-refractivity contribution in [1.29, 1.82) is 0 Å². The second-order valence-corrected chi connectivity index (χ2v) is 8.69. The van der Waals surface area contributed by atoms with E-state index in [1.807, 2.05) is 0 Å². The summed E-state index contributed by atoms with van der Waals surface area (Å²) in [7, 11) is 0. The molecule has 3 saturated heterocycles. The number of thioether (sulfide) groups is 1. The maximum atomic E-state index is 2.89. The quantitative estimate of drug-likeness (QED) is 0.789. The van der Waals surface area contributed by atoms with Crippen LogP contribution < -0.4 is 0 Å². The highest BCUT2D eigenvalue weighted by Gasteiger charge is 2.36. The molecule has 2 nitrogen and oxygen atoms in total. The zero-order valence-corrected chi connectivity index (χ0v) is 14.2. The van der Waals surface area contributed by atoms with Crippen molar-refractivity contribution in [3.05, 3.63) is 0 Å². The van der Waals surface area contributed by atoms with Gasteiger partial charge in [0.15, 0.2) is 0 Å². The average molecular weight is 297 g/mol. The highest BCUT2D eigenvalue weighted by molar-refractivity contribution is 7.99. The van der Waals surface area contributed by atoms with Crippen LogP contribution in [0.5, 0.6) is 0 Å². The fourth-order valence-electron chi connectivity index (χ4n) is 4.37. The first-order valence-electron chi connectivity index (χ1n) is 8.80. The van der Waals surface area contributed by atoms with Crippen LogP contribution >= 0.6 is 11.8 Å². The Hall–Kier alpha value is 0.270. The predicted molar refractivity (Wildman–Crippen MR) is 89.5 cm³/mol. The molecular formula is C17H32N2S. The number of nitrogens with zero attached hydrogens (tertiary/aromatic N) is 2. The van der Waals surface area contributed by atoms with Crippen LogP contribution in [-0.2, 0) is 0 Å². The summed E-state index contributed by atoms with van der Waals surface area (Å²) in [5.74, 6) is 4.59. The van der Waals surface area contributed by atoms with Crippen LogP contribution in [0.15, 0.2) is 0 Å². The minimum Gasteiger partial charge on any atom is -0.298 e. The molecule has 0 aromatic carbocycles. The van der Waals surface area contributed by atoms with Crippen molar-refractivity contribution in [3.63, 3.8) is 0 Å². The standard InChI is InChI=1S/C17H32N2S/c1-14(2)17-13-18-8-4-3-5-16(18)12-19(17)11-15-6-9-20-10-7-15/h14-17H,3-13H2,1-2H3. The highest BCUT2D eigenvalue weighted by Crippen LogP contribution is 2.30. The molecule has 2 atom stereocenters. The second-order valence-electron chi connectivity index (χ2n) is 7.47. The Labute approximate surface area is 129 Å². The van der Waals surface area contributed by atoms with Gasteiger partial charge in [0, 0.05) is 31.7 Å². The van der Waals surface area contributed by atoms with E-state index in [0.29, 0.717) is 0 Å². The van der Waals surface area contributed by atoms with Crippen LogP contribution in [0, 0.1) is 11.8 Å². The van der Waals surface area contributed by atoms with Gasteiger partial charge >= 0.3 is 0 Å². The fraction of sp³-hybridized carbons (Fsp3) is 1.00. The monoisotopic (exact) mass is 296 g/mol. The molecule has 0 saturated carbocycles. The topological polar surface area (TPSA) is 6.48 Å². The van der Waals surface area contributed by atoms with Gasteiger partial charge in [-0.05, 0) is 55.6 Å². The molecule has 3 rings (SSSR count). The first-order chi connectivity index (χ1) is 9.74. The Bertz CT molecular complexity index is 299. The normalized spacial score (nSPS) is 34.4. The molecule has 20 heavy (non-hydrogen) atoms. The third-order valence-electron chi connectivity index (χ3n) is 5.69. The van der Waals surface area contributed by atoms with E-state index in [-0.39, 0.29) is 0 Å². The lowest BCUT2D eigenvalue weighted by Crippen LogP contribution is -2.61. The van der Waals surface area contributed by atoms with Gasteiger partial charge in [-0.2, -0.15) is 11.8 Å². The van der Waals surface area contributed by atoms with Gasteiger partial charge < -0.3 is 0 Å². The van der Waals surface area contributed by atoms with Gasteiger partial charge in [0.1, 0.15) is 0 Å². The maximum absolute atomic E-state index is 2.89. The van der Waals surface area contributed by atoms with Crippen molar-refractivity contribution in [1.82, 2.24) is 9.80 Å². The van der Waals surface area contributed by atoms with Crippen molar-refractivity contribution in [2.24, 2.45) is 11.8 Å². The van der Waals surface area contributed by atoms with Crippen molar-refractivity contribution < 1.29 is 0 Å². The van der Waals surface area contributed by atoms with E-state index in [4.69, 9.17) is 0 Å². The summed E-state index contributed by atoms with van der Waals surface area (Å²) in [5.41, 5.74) is 0. The number of piperidine rings is 1. The van der Waals surface area contributed by atoms with Crippen molar-refractivity contribution >= 4 is 11.8 Å². The summed E-state index contributed by atoms with van der Waals surface area (Å²) in [6.45, 7) is 10.3. The molecular weight excluding hydrogens is 264 g/mol. The molecule has 0 aromatic rings. The largest absolute Gasteiger partial charge is 0.298 e. The third kappa shape index (κ3) is 3.53. The highest BCUT2D eigenvalue weighted by atomic mass is 32.2. The Kier molecular flexibility index (Phi) is 5.33. The Morgan fingerprint density at radius 2 is 1.85 bits per heavy atom. The minimum atomic E-state index is 0.802. The van der Waals surface area contributed by atoms with Crippen LogP contribution in [0.4, 0.5) is 0 Å². The molecule has 116 valence electrons. The van der Waals surface area contributed by atoms with Gasteiger partial charge in [-0.25, -0.2) is 0 Å². The van der Waals surface area contributed by atoms with E-state index in [9.17, 15) is 0 Å². The van der Waals surface area contributed by atoms with Crippen molar-refractivity contribution in [2.45, 2.75) is 58.0 Å². The lowest BCUT2D eigenvalue weighted by atomic mass is 9.90. The second kappa shape index (κ2) is 7.02. The molecule has 3 aliphatic heterocycles. The van der Waals surface area contributed by atoms with Gasteiger partial charge in [-0.3, -0.25) is 9.80 Å². The number of rotatable bonds is 3. The van der Waals surface area contributed by atoms with Crippen LogP contribution in [0.2, 0.25) is 0 Å². The predicted octanol–water partition coefficient (Wildman–Crippen LogP) is 3.32. The van der Waals surface area contributed by atoms with E-state index in [1.165, 1.54) is 69.8 Å². The lowest BCUT2D eigenvalue weighted by molar-refractivity contribution is -0.0152. The zero-order chi connectivity index (χ0) is 13.9. The van der Waals surface area contributed by atoms with Crippen LogP contribution in [0.3, 0.4) is 0 Å². The Morgan fingerprint density at radius 1 is 1.05 bits per heavy atom. The van der Waals surface area contributed by atoms with E-state index in [0.717, 1.165) is 23.9 Å². The van der Waals surface area contributed by atoms with E-state index < -0.39 is 0 Å². The molecule has 0 aromatic heterocycles. The van der Waals surface area contributed by atoms with Crippen molar-refractivity contribution in [2.75, 3.05) is 37.7 Å². The van der Waals surface area contributed by atoms with Crippen LogP contribution in [0.1, 0.15) is 46.0 Å². The molecule has 0 amide bonds. The number of hydrogen-bond donors (Lipinski definition) is 0. The Morgan fingerprint density at radius 3 is 2.60 bits per heavy atom. The van der Waals surface area contributed by atoms with Crippen LogP contribution in [-0.4, -0.2) is 59.6 Å². The molecule has 3 aliphatic rings. The number of hydrogen-bond acceptors (Lipinski definition) is 3.